The smallest absolute Gasteiger partial charge is 0.357 e. The fourth-order valence-electron chi connectivity index (χ4n) is 4.58. The number of carbonyl (C=O) groups excluding carboxylic acids is 1. The Balaban J connectivity index is 1.99. The second kappa shape index (κ2) is 12.2. The number of rotatable bonds is 13. The van der Waals surface area contributed by atoms with Crippen molar-refractivity contribution >= 4 is 23.3 Å². The number of carbonyl (C=O) groups is 1. The van der Waals surface area contributed by atoms with Crippen LogP contribution in [0.15, 0.2) is 70.4 Å². The number of aliphatic imine (C=N–C) groups is 1. The lowest BCUT2D eigenvalue weighted by Crippen LogP contribution is -2.48. The molecule has 35 heavy (non-hydrogen) atoms. The van der Waals surface area contributed by atoms with Crippen LogP contribution in [-0.2, 0) is 9.53 Å². The van der Waals surface area contributed by atoms with E-state index in [-0.39, 0.29) is 11.5 Å². The number of halogens is 1. The van der Waals surface area contributed by atoms with Gasteiger partial charge in [0.25, 0.3) is 0 Å². The van der Waals surface area contributed by atoms with Crippen LogP contribution >= 0.6 is 11.6 Å². The Bertz CT molecular complexity index is 1010. The summed E-state index contributed by atoms with van der Waals surface area (Å²) >= 11 is 7.43. The second-order valence-corrected chi connectivity index (χ2v) is 11.0. The van der Waals surface area contributed by atoms with E-state index in [1.807, 2.05) is 49.4 Å². The van der Waals surface area contributed by atoms with Gasteiger partial charge in [-0.2, -0.15) is 0 Å². The number of fused-ring (bicyclic) bond motifs is 1. The molecule has 0 saturated heterocycles. The van der Waals surface area contributed by atoms with Gasteiger partial charge in [-0.1, -0.05) is 95.9 Å². The van der Waals surface area contributed by atoms with Crippen LogP contribution in [0.1, 0.15) is 78.7 Å². The molecule has 1 aromatic rings. The van der Waals surface area contributed by atoms with Crippen molar-refractivity contribution in [2.75, 3.05) is 13.2 Å². The minimum absolute atomic E-state index is 0.0507. The van der Waals surface area contributed by atoms with Crippen molar-refractivity contribution in [3.8, 4) is 0 Å². The molecule has 1 aliphatic heterocycles. The monoisotopic (exact) mass is 496 g/mol. The number of nitrogens with zero attached hydrogens (tertiary/aromatic N) is 1. The highest BCUT2D eigenvalue weighted by atomic mass is 35.5. The van der Waals surface area contributed by atoms with E-state index < -0.39 is 10.8 Å². The minimum Gasteiger partial charge on any atom is -0.461 e. The van der Waals surface area contributed by atoms with Crippen LogP contribution in [0.25, 0.3) is 0 Å². The van der Waals surface area contributed by atoms with E-state index in [1.54, 1.807) is 0 Å². The van der Waals surface area contributed by atoms with E-state index >= 15 is 0 Å². The molecule has 0 aromatic heterocycles. The van der Waals surface area contributed by atoms with Gasteiger partial charge in [0.1, 0.15) is 0 Å². The Hall–Kier alpha value is -2.17. The Labute approximate surface area is 216 Å². The highest BCUT2D eigenvalue weighted by molar-refractivity contribution is 6.30. The van der Waals surface area contributed by atoms with Crippen molar-refractivity contribution in [2.45, 2.75) is 84.1 Å². The van der Waals surface area contributed by atoms with Crippen LogP contribution < -0.4 is 5.32 Å². The molecule has 1 heterocycles. The van der Waals surface area contributed by atoms with Crippen molar-refractivity contribution < 1.29 is 9.53 Å². The van der Waals surface area contributed by atoms with E-state index in [9.17, 15) is 4.79 Å². The van der Waals surface area contributed by atoms with E-state index in [0.717, 1.165) is 48.2 Å². The zero-order valence-electron chi connectivity index (χ0n) is 22.0. The fourth-order valence-corrected chi connectivity index (χ4v) is 4.91. The third-order valence-corrected chi connectivity index (χ3v) is 7.58. The van der Waals surface area contributed by atoms with Gasteiger partial charge in [-0.3, -0.25) is 0 Å². The van der Waals surface area contributed by atoms with Gasteiger partial charge < -0.3 is 10.1 Å². The lowest BCUT2D eigenvalue weighted by Gasteiger charge is -2.39. The minimum atomic E-state index is -0.726. The molecule has 0 amide bonds. The summed E-state index contributed by atoms with van der Waals surface area (Å²) < 4.78 is 5.31. The lowest BCUT2D eigenvalue weighted by molar-refractivity contribution is -0.138. The molecule has 2 unspecified atom stereocenters. The standard InChI is InChI=1S/C30H41ClN2O2/c1-6-9-10-14-19-32-25(21-29(4,5)7-2)30(31)18-17-23-24(20-30)26(22-15-12-11-13-16-22)33-27(23)28(34)35-8-3/h11-13,15-18,20,25,32H,6-10,14,19,21H2,1-5H3. The number of allylic oxidation sites excluding steroid dienone is 3. The maximum Gasteiger partial charge on any atom is 0.357 e. The Kier molecular flexibility index (Phi) is 9.54. The highest BCUT2D eigenvalue weighted by Gasteiger charge is 2.41. The second-order valence-electron chi connectivity index (χ2n) is 10.3. The molecular formula is C30H41ClN2O2. The van der Waals surface area contributed by atoms with Gasteiger partial charge >= 0.3 is 5.97 Å². The Morgan fingerprint density at radius 1 is 1.14 bits per heavy atom. The SMILES string of the molecule is CCCCCCNC(CC(C)(C)CC)C1(Cl)C=CC2=C(C(=O)OCC)N=C(c3ccccc3)C2=C1. The van der Waals surface area contributed by atoms with Crippen LogP contribution in [0.3, 0.4) is 0 Å². The van der Waals surface area contributed by atoms with Gasteiger partial charge in [-0.15, -0.1) is 11.6 Å². The van der Waals surface area contributed by atoms with Crippen molar-refractivity contribution in [3.63, 3.8) is 0 Å². The zero-order valence-corrected chi connectivity index (χ0v) is 22.8. The van der Waals surface area contributed by atoms with Gasteiger partial charge in [-0.25, -0.2) is 9.79 Å². The van der Waals surface area contributed by atoms with Crippen molar-refractivity contribution in [1.29, 1.82) is 0 Å². The normalized spacial score (nSPS) is 20.4. The molecule has 2 aliphatic rings. The third kappa shape index (κ3) is 6.74. The van der Waals surface area contributed by atoms with Gasteiger partial charge in [-0.05, 0) is 37.8 Å². The van der Waals surface area contributed by atoms with Crippen molar-refractivity contribution in [1.82, 2.24) is 5.32 Å². The summed E-state index contributed by atoms with van der Waals surface area (Å²) in [4.78, 5) is 16.8. The van der Waals surface area contributed by atoms with Crippen LogP contribution in [0.2, 0.25) is 0 Å². The molecule has 190 valence electrons. The number of benzene rings is 1. The molecule has 0 saturated carbocycles. The summed E-state index contributed by atoms with van der Waals surface area (Å²) in [7, 11) is 0. The molecule has 4 nitrogen and oxygen atoms in total. The summed E-state index contributed by atoms with van der Waals surface area (Å²) in [6, 6.07) is 10.0. The molecule has 0 bridgehead atoms. The summed E-state index contributed by atoms with van der Waals surface area (Å²) in [5.41, 5.74) is 3.93. The Morgan fingerprint density at radius 2 is 1.89 bits per heavy atom. The topological polar surface area (TPSA) is 50.7 Å². The zero-order chi connectivity index (χ0) is 25.5. The largest absolute Gasteiger partial charge is 0.461 e. The molecule has 3 rings (SSSR count). The molecule has 0 spiro atoms. The fraction of sp³-hybridized carbons (Fsp3) is 0.533. The molecule has 0 radical (unpaired) electrons. The summed E-state index contributed by atoms with van der Waals surface area (Å²) in [5.74, 6) is -0.399. The van der Waals surface area contributed by atoms with Gasteiger partial charge in [0.05, 0.1) is 17.2 Å². The summed E-state index contributed by atoms with van der Waals surface area (Å²) in [5, 5.41) is 3.79. The van der Waals surface area contributed by atoms with Gasteiger partial charge in [0.2, 0.25) is 0 Å². The number of alkyl halides is 1. The molecular weight excluding hydrogens is 456 g/mol. The van der Waals surface area contributed by atoms with Crippen molar-refractivity contribution in [2.24, 2.45) is 10.4 Å². The van der Waals surface area contributed by atoms with E-state index in [4.69, 9.17) is 21.3 Å². The van der Waals surface area contributed by atoms with Crippen LogP contribution in [0.4, 0.5) is 0 Å². The first-order chi connectivity index (χ1) is 16.7. The third-order valence-electron chi connectivity index (χ3n) is 7.08. The maximum atomic E-state index is 12.7. The number of ether oxygens (including phenoxy) is 1. The number of unbranched alkanes of at least 4 members (excludes halogenated alkanes) is 3. The number of hydrogen-bond donors (Lipinski definition) is 1. The van der Waals surface area contributed by atoms with E-state index in [2.05, 4.69) is 39.1 Å². The number of esters is 1. The average Bonchev–Trinajstić information content (AvgIpc) is 3.22. The molecule has 1 aromatic carbocycles. The van der Waals surface area contributed by atoms with Gasteiger partial charge in [0, 0.05) is 22.8 Å². The Morgan fingerprint density at radius 3 is 2.54 bits per heavy atom. The lowest BCUT2D eigenvalue weighted by atomic mass is 9.76. The predicted molar refractivity (Wildman–Crippen MR) is 147 cm³/mol. The summed E-state index contributed by atoms with van der Waals surface area (Å²) in [6.07, 6.45) is 13.0. The van der Waals surface area contributed by atoms with E-state index in [0.29, 0.717) is 12.3 Å². The first-order valence-corrected chi connectivity index (χ1v) is 13.5. The van der Waals surface area contributed by atoms with Crippen LogP contribution in [-0.4, -0.2) is 35.7 Å². The molecule has 0 fully saturated rings. The number of nitrogens with one attached hydrogen (secondary N) is 1. The first-order valence-electron chi connectivity index (χ1n) is 13.1. The molecule has 1 aliphatic carbocycles. The number of hydrogen-bond acceptors (Lipinski definition) is 4. The van der Waals surface area contributed by atoms with E-state index in [1.165, 1.54) is 19.3 Å². The molecule has 1 N–H and O–H groups in total. The van der Waals surface area contributed by atoms with Crippen LogP contribution in [0.5, 0.6) is 0 Å². The predicted octanol–water partition coefficient (Wildman–Crippen LogP) is 7.15. The summed E-state index contributed by atoms with van der Waals surface area (Å²) in [6.45, 7) is 12.1. The average molecular weight is 497 g/mol. The van der Waals surface area contributed by atoms with Crippen LogP contribution in [0, 0.1) is 5.41 Å². The maximum absolute atomic E-state index is 12.7. The molecule has 5 heteroatoms. The quantitative estimate of drug-likeness (QED) is 0.179. The van der Waals surface area contributed by atoms with Gasteiger partial charge in [0.15, 0.2) is 5.70 Å². The van der Waals surface area contributed by atoms with Crippen molar-refractivity contribution in [3.05, 3.63) is 71.0 Å². The highest BCUT2D eigenvalue weighted by Crippen LogP contribution is 2.42. The molecule has 2 atom stereocenters. The first kappa shape index (κ1) is 27.4.